The molecule has 0 saturated carbocycles. The largest absolute Gasteiger partial charge is 0.296 e. The van der Waals surface area contributed by atoms with Gasteiger partial charge in [-0.25, -0.2) is 4.98 Å². The van der Waals surface area contributed by atoms with Crippen molar-refractivity contribution < 1.29 is 0 Å². The molecule has 1 rings (SSSR count). The lowest BCUT2D eigenvalue weighted by Crippen LogP contribution is -2.22. The van der Waals surface area contributed by atoms with E-state index in [9.17, 15) is 0 Å². The Hall–Kier alpha value is -0.480. The maximum atomic E-state index is 4.14. The third-order valence-electron chi connectivity index (χ3n) is 1.67. The molecule has 0 unspecified atom stereocenters. The van der Waals surface area contributed by atoms with Crippen LogP contribution in [0, 0.1) is 0 Å². The van der Waals surface area contributed by atoms with Crippen molar-refractivity contribution in [3.05, 3.63) is 11.3 Å². The van der Waals surface area contributed by atoms with Gasteiger partial charge in [0, 0.05) is 0 Å². The van der Waals surface area contributed by atoms with Crippen LogP contribution in [0.25, 0.3) is 0 Å². The zero-order valence-corrected chi connectivity index (χ0v) is 7.77. The van der Waals surface area contributed by atoms with Crippen LogP contribution in [0.2, 0.25) is 0 Å². The predicted molar refractivity (Wildman–Crippen MR) is 46.5 cm³/mol. The summed E-state index contributed by atoms with van der Waals surface area (Å²) in [5, 5.41) is 0. The van der Waals surface area contributed by atoms with Crippen LogP contribution in [-0.2, 0) is 6.54 Å². The lowest BCUT2D eigenvalue weighted by Gasteiger charge is -2.14. The third-order valence-corrected chi connectivity index (χ3v) is 2.18. The highest BCUT2D eigenvalue weighted by Crippen LogP contribution is 1.99. The first kappa shape index (κ1) is 8.62. The smallest absolute Gasteiger partial charge is 0.156 e. The Morgan fingerprint density at radius 1 is 1.45 bits per heavy atom. The van der Waals surface area contributed by atoms with Crippen LogP contribution in [0.4, 0.5) is 0 Å². The lowest BCUT2D eigenvalue weighted by molar-refractivity contribution is 0.289. The van der Waals surface area contributed by atoms with Crippen LogP contribution in [0.15, 0.2) is 5.51 Å². The van der Waals surface area contributed by atoms with Crippen LogP contribution in [0.5, 0.6) is 0 Å². The monoisotopic (exact) mass is 171 g/mol. The van der Waals surface area contributed by atoms with Crippen molar-refractivity contribution in [2.45, 2.75) is 20.4 Å². The molecule has 0 fully saturated rings. The van der Waals surface area contributed by atoms with Crippen molar-refractivity contribution in [2.24, 2.45) is 0 Å². The molecular weight excluding hydrogens is 158 g/mol. The van der Waals surface area contributed by atoms with E-state index in [0.29, 0.717) is 0 Å². The van der Waals surface area contributed by atoms with Crippen molar-refractivity contribution in [3.63, 3.8) is 0 Å². The number of rotatable bonds is 4. The molecule has 62 valence electrons. The Morgan fingerprint density at radius 3 is 2.64 bits per heavy atom. The summed E-state index contributed by atoms with van der Waals surface area (Å²) in [5.74, 6) is 0.943. The summed E-state index contributed by atoms with van der Waals surface area (Å²) in [6.07, 6.45) is 0. The van der Waals surface area contributed by atoms with Crippen molar-refractivity contribution in [3.8, 4) is 0 Å². The Balaban J connectivity index is 2.41. The van der Waals surface area contributed by atoms with E-state index in [1.165, 1.54) is 11.5 Å². The second-order valence-corrected chi connectivity index (χ2v) is 2.91. The SMILES string of the molecule is CCN(CC)Cc1ncsn1. The summed E-state index contributed by atoms with van der Waals surface area (Å²) in [7, 11) is 0. The molecule has 0 bridgehead atoms. The number of hydrogen-bond acceptors (Lipinski definition) is 4. The van der Waals surface area contributed by atoms with Gasteiger partial charge in [0.2, 0.25) is 0 Å². The molecule has 0 aliphatic carbocycles. The van der Waals surface area contributed by atoms with E-state index >= 15 is 0 Å². The highest BCUT2D eigenvalue weighted by Gasteiger charge is 2.02. The first-order valence-corrected chi connectivity index (χ1v) is 4.68. The van der Waals surface area contributed by atoms with Gasteiger partial charge in [-0.2, -0.15) is 4.37 Å². The van der Waals surface area contributed by atoms with Gasteiger partial charge in [0.1, 0.15) is 5.51 Å². The Bertz CT molecular complexity index is 182. The Morgan fingerprint density at radius 2 is 2.18 bits per heavy atom. The summed E-state index contributed by atoms with van der Waals surface area (Å²) in [6.45, 7) is 7.31. The average molecular weight is 171 g/mol. The van der Waals surface area contributed by atoms with Crippen LogP contribution >= 0.6 is 11.5 Å². The first-order valence-electron chi connectivity index (χ1n) is 3.84. The van der Waals surface area contributed by atoms with E-state index in [1.807, 2.05) is 0 Å². The van der Waals surface area contributed by atoms with Gasteiger partial charge in [-0.05, 0) is 24.6 Å². The minimum atomic E-state index is 0.885. The molecule has 11 heavy (non-hydrogen) atoms. The summed E-state index contributed by atoms with van der Waals surface area (Å²) in [6, 6.07) is 0. The maximum absolute atomic E-state index is 4.14. The summed E-state index contributed by atoms with van der Waals surface area (Å²) in [4.78, 5) is 6.41. The molecule has 0 N–H and O–H groups in total. The normalized spacial score (nSPS) is 10.8. The molecule has 1 aromatic heterocycles. The number of nitrogens with zero attached hydrogens (tertiary/aromatic N) is 3. The van der Waals surface area contributed by atoms with Gasteiger partial charge in [0.05, 0.1) is 6.54 Å². The molecule has 1 aromatic rings. The summed E-state index contributed by atoms with van der Waals surface area (Å²) < 4.78 is 4.14. The van der Waals surface area contributed by atoms with Gasteiger partial charge in [0.25, 0.3) is 0 Å². The zero-order valence-electron chi connectivity index (χ0n) is 6.95. The first-order chi connectivity index (χ1) is 5.36. The lowest BCUT2D eigenvalue weighted by atomic mass is 10.4. The van der Waals surface area contributed by atoms with Crippen LogP contribution in [0.3, 0.4) is 0 Å². The van der Waals surface area contributed by atoms with E-state index < -0.39 is 0 Å². The van der Waals surface area contributed by atoms with Crippen molar-refractivity contribution in [2.75, 3.05) is 13.1 Å². The molecule has 0 amide bonds. The fraction of sp³-hybridized carbons (Fsp3) is 0.714. The van der Waals surface area contributed by atoms with Gasteiger partial charge in [0.15, 0.2) is 5.82 Å². The van der Waals surface area contributed by atoms with E-state index in [2.05, 4.69) is 28.1 Å². The molecule has 4 heteroatoms. The minimum Gasteiger partial charge on any atom is -0.296 e. The molecule has 1 heterocycles. The Labute approximate surface area is 71.2 Å². The topological polar surface area (TPSA) is 29.0 Å². The van der Waals surface area contributed by atoms with Crippen LogP contribution < -0.4 is 0 Å². The molecule has 0 spiro atoms. The van der Waals surface area contributed by atoms with E-state index in [4.69, 9.17) is 0 Å². The van der Waals surface area contributed by atoms with E-state index in [-0.39, 0.29) is 0 Å². The van der Waals surface area contributed by atoms with Gasteiger partial charge in [-0.15, -0.1) is 0 Å². The highest BCUT2D eigenvalue weighted by molar-refractivity contribution is 7.03. The second-order valence-electron chi connectivity index (χ2n) is 2.31. The number of aromatic nitrogens is 2. The van der Waals surface area contributed by atoms with E-state index in [0.717, 1.165) is 25.5 Å². The summed E-state index contributed by atoms with van der Waals surface area (Å²) >= 11 is 1.41. The minimum absolute atomic E-state index is 0.885. The quantitative estimate of drug-likeness (QED) is 0.685. The zero-order chi connectivity index (χ0) is 8.10. The molecule has 0 aromatic carbocycles. The molecule has 0 saturated heterocycles. The molecule has 0 atom stereocenters. The van der Waals surface area contributed by atoms with Gasteiger partial charge in [-0.3, -0.25) is 4.90 Å². The predicted octanol–water partition coefficient (Wildman–Crippen LogP) is 1.38. The van der Waals surface area contributed by atoms with Crippen molar-refractivity contribution >= 4 is 11.5 Å². The van der Waals surface area contributed by atoms with Crippen LogP contribution in [-0.4, -0.2) is 27.3 Å². The number of hydrogen-bond donors (Lipinski definition) is 0. The molecular formula is C7H13N3S. The molecule has 0 aliphatic heterocycles. The third kappa shape index (κ3) is 2.55. The fourth-order valence-electron chi connectivity index (χ4n) is 0.909. The second kappa shape index (κ2) is 4.41. The van der Waals surface area contributed by atoms with Gasteiger partial charge >= 0.3 is 0 Å². The average Bonchev–Trinajstić information content (AvgIpc) is 2.52. The van der Waals surface area contributed by atoms with Gasteiger partial charge < -0.3 is 0 Å². The van der Waals surface area contributed by atoms with Crippen LogP contribution in [0.1, 0.15) is 19.7 Å². The standard InChI is InChI=1S/C7H13N3S/c1-3-10(4-2)5-7-8-6-11-9-7/h6H,3-5H2,1-2H3. The van der Waals surface area contributed by atoms with Crippen molar-refractivity contribution in [1.29, 1.82) is 0 Å². The van der Waals surface area contributed by atoms with Gasteiger partial charge in [-0.1, -0.05) is 13.8 Å². The fourth-order valence-corrected chi connectivity index (χ4v) is 1.35. The maximum Gasteiger partial charge on any atom is 0.156 e. The summed E-state index contributed by atoms with van der Waals surface area (Å²) in [5.41, 5.74) is 1.78. The van der Waals surface area contributed by atoms with Crippen molar-refractivity contribution in [1.82, 2.24) is 14.3 Å². The van der Waals surface area contributed by atoms with E-state index in [1.54, 1.807) is 5.51 Å². The molecule has 0 radical (unpaired) electrons. The highest BCUT2D eigenvalue weighted by atomic mass is 32.1. The molecule has 3 nitrogen and oxygen atoms in total. The Kier molecular flexibility index (Phi) is 3.45. The molecule has 0 aliphatic rings.